The smallest absolute Gasteiger partial charge is 0.246 e. The summed E-state index contributed by atoms with van der Waals surface area (Å²) in [6.45, 7) is 57.7. The van der Waals surface area contributed by atoms with Gasteiger partial charge >= 0.3 is 0 Å². The number of carbonyl (C=O) groups is 12. The van der Waals surface area contributed by atoms with Crippen molar-refractivity contribution in [1.29, 1.82) is 0 Å². The maximum absolute atomic E-state index is 12.8. The van der Waals surface area contributed by atoms with Gasteiger partial charge in [-0.2, -0.15) is 0 Å². The van der Waals surface area contributed by atoms with E-state index in [9.17, 15) is 57.5 Å². The molecule has 6 fully saturated rings. The van der Waals surface area contributed by atoms with Crippen LogP contribution < -0.4 is 10.6 Å². The molecule has 3 saturated carbocycles. The molecule has 2 N–H and O–H groups in total. The van der Waals surface area contributed by atoms with Gasteiger partial charge in [-0.1, -0.05) is 163 Å². The third-order valence-electron chi connectivity index (χ3n) is 30.4. The average molecular weight is 1780 g/mol. The molecule has 0 spiro atoms. The van der Waals surface area contributed by atoms with Gasteiger partial charge in [0.15, 0.2) is 5.78 Å². The first-order valence-corrected chi connectivity index (χ1v) is 49.4. The molecule has 10 aliphatic rings. The second-order valence-corrected chi connectivity index (χ2v) is 44.0. The number of nitrogens with one attached hydrogen (secondary N) is 2. The molecule has 0 bridgehead atoms. The van der Waals surface area contributed by atoms with Gasteiger partial charge in [-0.05, 0) is 267 Å². The number of allylic oxidation sites excluding steroid dienone is 13. The zero-order valence-electron chi connectivity index (χ0n) is 85.1. The summed E-state index contributed by atoms with van der Waals surface area (Å²) in [5, 5.41) is 5.68. The van der Waals surface area contributed by atoms with Gasteiger partial charge < -0.3 is 44.8 Å². The van der Waals surface area contributed by atoms with Crippen LogP contribution in [0.4, 0.5) is 0 Å². The van der Waals surface area contributed by atoms with Gasteiger partial charge in [-0.25, -0.2) is 0 Å². The molecule has 0 aromatic heterocycles. The zero-order valence-corrected chi connectivity index (χ0v) is 85.1. The number of piperazine rings is 1. The normalized spacial score (nSPS) is 24.2. The zero-order chi connectivity index (χ0) is 96.0. The number of ketones is 4. The Morgan fingerprint density at radius 1 is 0.453 bits per heavy atom. The van der Waals surface area contributed by atoms with E-state index >= 15 is 0 Å². The summed E-state index contributed by atoms with van der Waals surface area (Å²) in [6.07, 6.45) is 45.4. The highest BCUT2D eigenvalue weighted by Gasteiger charge is 2.43. The molecule has 0 radical (unpaired) electrons. The summed E-state index contributed by atoms with van der Waals surface area (Å²) in [4.78, 5) is 151. The van der Waals surface area contributed by atoms with E-state index in [-0.39, 0.29) is 110 Å². The molecule has 7 aliphatic carbocycles. The second kappa shape index (κ2) is 51.4. The predicted octanol–water partition coefficient (Wildman–Crippen LogP) is 20.6. The fraction of sp³-hybridized carbons (Fsp3) is 0.741. The van der Waals surface area contributed by atoms with Crippen LogP contribution in [-0.4, -0.2) is 192 Å². The maximum Gasteiger partial charge on any atom is 0.246 e. The molecule has 20 nitrogen and oxygen atoms in total. The van der Waals surface area contributed by atoms with Crippen molar-refractivity contribution in [1.82, 2.24) is 40.0 Å². The summed E-state index contributed by atoms with van der Waals surface area (Å²) in [6, 6.07) is 0.172. The SMILES string of the molecule is CC(=O)C1CC(NC(=O)/C=C/C2=C(C)CCCC2(C)C)C1.CC(=O)CC1CN(C(=O)/C=C/C2=C(C)CCCC2(C)C)C1.CC(=O)N(C)CCN(C)C(=O)/C=C/C1=C(C)CCCC1(C)C.CC(=O)N1CCC(CCC(=O)[C@@H]2[C@@H](C)CCCC2(C)C)CC1.CC(=O)N1CCN(C(=O)CC[C@@H]2[C@@H](C)CCCC2(C)C)CC1.CC(=O)NCCCC(=O)/C=C/C1=C(C)CCCC1(C)C. The van der Waals surface area contributed by atoms with Crippen LogP contribution in [0, 0.1) is 73.9 Å². The Kier molecular flexibility index (Phi) is 44.5. The summed E-state index contributed by atoms with van der Waals surface area (Å²) < 4.78 is 0. The number of amides is 8. The molecule has 4 atom stereocenters. The Labute approximate surface area is 775 Å². The quantitative estimate of drug-likeness (QED) is 0.0606. The van der Waals surface area contributed by atoms with Crippen LogP contribution in [-0.2, 0) is 57.5 Å². The van der Waals surface area contributed by atoms with E-state index < -0.39 is 0 Å². The molecule has 3 heterocycles. The lowest BCUT2D eigenvalue weighted by molar-refractivity contribution is -0.138. The predicted molar refractivity (Wildman–Crippen MR) is 520 cm³/mol. The number of likely N-dealkylation sites (N-methyl/N-ethyl adjacent to an activating group) is 2. The summed E-state index contributed by atoms with van der Waals surface area (Å²) in [7, 11) is 3.52. The number of likely N-dealkylation sites (tertiary alicyclic amines) is 2. The highest BCUT2D eigenvalue weighted by molar-refractivity contribution is 5.91. The molecule has 720 valence electrons. The minimum atomic E-state index is -0.0438. The van der Waals surface area contributed by atoms with Crippen molar-refractivity contribution in [3.05, 3.63) is 93.2 Å². The molecule has 128 heavy (non-hydrogen) atoms. The van der Waals surface area contributed by atoms with Crippen LogP contribution in [0.1, 0.15) is 352 Å². The molecular weight excluding hydrogens is 1600 g/mol. The first kappa shape index (κ1) is 111. The highest BCUT2D eigenvalue weighted by atomic mass is 16.2. The van der Waals surface area contributed by atoms with Crippen molar-refractivity contribution in [3.8, 4) is 0 Å². The van der Waals surface area contributed by atoms with E-state index in [1.807, 2.05) is 43.9 Å². The van der Waals surface area contributed by atoms with Gasteiger partial charge in [0.1, 0.15) is 17.3 Å². The highest BCUT2D eigenvalue weighted by Crippen LogP contribution is 2.49. The number of piperidine rings is 1. The van der Waals surface area contributed by atoms with Crippen molar-refractivity contribution < 1.29 is 57.5 Å². The van der Waals surface area contributed by atoms with Crippen molar-refractivity contribution in [3.63, 3.8) is 0 Å². The Hall–Kier alpha value is -7.64. The number of nitrogens with zero attached hydrogens (tertiary/aromatic N) is 6. The number of hydrogen-bond donors (Lipinski definition) is 2. The minimum Gasteiger partial charge on any atom is -0.356 e. The molecular formula is C108H176N8O12. The number of carbonyl (C=O) groups excluding carboxylic acids is 12. The lowest BCUT2D eigenvalue weighted by Crippen LogP contribution is -2.50. The van der Waals surface area contributed by atoms with Crippen molar-refractivity contribution in [2.75, 3.05) is 86.1 Å². The fourth-order valence-corrected chi connectivity index (χ4v) is 21.9. The lowest BCUT2D eigenvalue weighted by Gasteiger charge is -2.43. The molecule has 10 rings (SSSR count). The lowest BCUT2D eigenvalue weighted by atomic mass is 9.62. The maximum atomic E-state index is 12.8. The van der Waals surface area contributed by atoms with Gasteiger partial charge in [-0.3, -0.25) is 52.7 Å². The molecule has 3 aliphatic heterocycles. The third kappa shape index (κ3) is 36.1. The minimum absolute atomic E-state index is 0.0149. The van der Waals surface area contributed by atoms with E-state index in [0.717, 1.165) is 109 Å². The Morgan fingerprint density at radius 3 is 1.33 bits per heavy atom. The van der Waals surface area contributed by atoms with Gasteiger partial charge in [0.25, 0.3) is 0 Å². The number of hydrogen-bond acceptors (Lipinski definition) is 12. The Bertz CT molecular complexity index is 4050. The number of rotatable bonds is 26. The van der Waals surface area contributed by atoms with Gasteiger partial charge in [0.2, 0.25) is 47.3 Å². The summed E-state index contributed by atoms with van der Waals surface area (Å²) >= 11 is 0. The number of Topliss-reactive ketones (excluding diaryl/α,β-unsaturated/α-hetero) is 3. The second-order valence-electron chi connectivity index (χ2n) is 44.0. The van der Waals surface area contributed by atoms with E-state index in [2.05, 4.69) is 135 Å². The van der Waals surface area contributed by atoms with Crippen LogP contribution >= 0.6 is 0 Å². The fourth-order valence-electron chi connectivity index (χ4n) is 21.9. The average Bonchev–Trinajstić information content (AvgIpc) is 0.806. The Balaban J connectivity index is 0.000000272. The van der Waals surface area contributed by atoms with Gasteiger partial charge in [0.05, 0.1) is 0 Å². The summed E-state index contributed by atoms with van der Waals surface area (Å²) in [5.41, 5.74) is 12.0. The standard InChI is InChI=1S/C19H33NO2.C18H32N2O2.C18H30N2O2.2C18H27NO2.C17H27NO2/c1-14-6-5-11-19(3,4)18(14)17(22)8-7-16-9-12-20(13-10-16)15(2)21;1-14-6-5-9-18(3,4)16(14)7-8-17(22)20-12-10-19(11-13-20)15(2)21;1-14-8-7-11-18(3,4)16(14)9-10-17(22)20(6)13-12-19(5)15(2)21;1-13-6-5-9-18(3,4)16(13)7-8-17(21)19-11-15(12-19)10-14(2)20;1-12-6-5-9-18(3,4)16(12)7-8-17(21)19-15-10-14(11-15)13(2)20;1-13-7-5-11-17(3,4)16(13)10-9-15(20)8-6-12-18-14(2)19/h14,16,18H,5-13H2,1-4H3;14,16H,5-13H2,1-4H3;9-10H,7-8,11-13H2,1-6H3;7-8,15H,5-6,9-12H2,1-4H3;7-8,14-15H,5-6,9-11H2,1-4H3,(H,19,21);9-10H,5-8,11-12H2,1-4H3,(H,18,19)/b;;10-9+;2*8-7+;10-9+/t14-,18-;14-,16+;;;;/m00..../s1. The Morgan fingerprint density at radius 2 is 0.891 bits per heavy atom. The molecule has 8 amide bonds. The van der Waals surface area contributed by atoms with Gasteiger partial charge in [0, 0.05) is 181 Å². The van der Waals surface area contributed by atoms with E-state index in [1.54, 1.807) is 75.9 Å². The topological polar surface area (TPSA) is 248 Å². The first-order chi connectivity index (χ1) is 59.7. The van der Waals surface area contributed by atoms with Crippen LogP contribution in [0.3, 0.4) is 0 Å². The first-order valence-electron chi connectivity index (χ1n) is 49.4. The summed E-state index contributed by atoms with van der Waals surface area (Å²) in [5.74, 6) is 4.97. The molecule has 0 aromatic carbocycles. The van der Waals surface area contributed by atoms with E-state index in [0.29, 0.717) is 106 Å². The molecule has 3 saturated heterocycles. The third-order valence-corrected chi connectivity index (χ3v) is 30.4. The van der Waals surface area contributed by atoms with Crippen LogP contribution in [0.2, 0.25) is 0 Å². The van der Waals surface area contributed by atoms with Gasteiger partial charge in [-0.15, -0.1) is 0 Å². The van der Waals surface area contributed by atoms with Crippen molar-refractivity contribution in [2.45, 2.75) is 358 Å². The van der Waals surface area contributed by atoms with Crippen molar-refractivity contribution in [2.24, 2.45) is 73.9 Å². The van der Waals surface area contributed by atoms with Crippen molar-refractivity contribution >= 4 is 70.4 Å². The van der Waals surface area contributed by atoms with Crippen LogP contribution in [0.15, 0.2) is 93.2 Å². The van der Waals surface area contributed by atoms with E-state index in [4.69, 9.17) is 0 Å². The monoisotopic (exact) mass is 1780 g/mol. The van der Waals surface area contributed by atoms with Crippen LogP contribution in [0.25, 0.3) is 0 Å². The molecule has 0 unspecified atom stereocenters. The molecule has 0 aromatic rings. The largest absolute Gasteiger partial charge is 0.356 e. The van der Waals surface area contributed by atoms with E-state index in [1.165, 1.54) is 142 Å². The molecule has 20 heteroatoms. The van der Waals surface area contributed by atoms with Crippen LogP contribution in [0.5, 0.6) is 0 Å².